The Balaban J connectivity index is 1.19. The van der Waals surface area contributed by atoms with Gasteiger partial charge in [0.05, 0.1) is 4.90 Å². The van der Waals surface area contributed by atoms with E-state index in [2.05, 4.69) is 4.90 Å². The van der Waals surface area contributed by atoms with Crippen LogP contribution in [0.25, 0.3) is 0 Å². The molecule has 0 aromatic heterocycles. The molecule has 0 spiro atoms. The van der Waals surface area contributed by atoms with Crippen LogP contribution in [0.4, 0.5) is 0 Å². The van der Waals surface area contributed by atoms with Crippen molar-refractivity contribution in [3.05, 3.63) is 78.4 Å². The van der Waals surface area contributed by atoms with Crippen molar-refractivity contribution in [1.29, 1.82) is 0 Å². The summed E-state index contributed by atoms with van der Waals surface area (Å²) in [5.74, 6) is 2.85. The number of rotatable bonds is 6. The van der Waals surface area contributed by atoms with Crippen molar-refractivity contribution in [2.24, 2.45) is 0 Å². The zero-order valence-corrected chi connectivity index (χ0v) is 18.3. The fraction of sp³-hybridized carbons (Fsp3) is 0.250. The lowest BCUT2D eigenvalue weighted by molar-refractivity contribution is 0.173. The van der Waals surface area contributed by atoms with Crippen molar-refractivity contribution in [2.45, 2.75) is 11.4 Å². The molecule has 0 amide bonds. The Morgan fingerprint density at radius 1 is 0.781 bits per heavy atom. The zero-order chi connectivity index (χ0) is 22.0. The summed E-state index contributed by atoms with van der Waals surface area (Å²) in [6.45, 7) is 3.25. The molecule has 2 aliphatic heterocycles. The van der Waals surface area contributed by atoms with Crippen molar-refractivity contribution in [3.63, 3.8) is 0 Å². The molecule has 0 atom stereocenters. The molecule has 2 aliphatic rings. The Morgan fingerprint density at radius 3 is 2.22 bits per heavy atom. The third-order valence-corrected chi connectivity index (χ3v) is 7.53. The summed E-state index contributed by atoms with van der Waals surface area (Å²) in [5.41, 5.74) is 1.12. The average molecular weight is 453 g/mol. The van der Waals surface area contributed by atoms with Gasteiger partial charge in [0.25, 0.3) is 0 Å². The maximum Gasteiger partial charge on any atom is 0.243 e. The summed E-state index contributed by atoms with van der Waals surface area (Å²) >= 11 is 0. The van der Waals surface area contributed by atoms with Crippen LogP contribution in [0.3, 0.4) is 0 Å². The third-order valence-electron chi connectivity index (χ3n) is 5.61. The van der Waals surface area contributed by atoms with E-state index in [9.17, 15) is 8.42 Å². The molecule has 1 saturated heterocycles. The molecule has 0 bridgehead atoms. The van der Waals surface area contributed by atoms with Crippen molar-refractivity contribution in [3.8, 4) is 23.0 Å². The summed E-state index contributed by atoms with van der Waals surface area (Å²) in [4.78, 5) is 2.53. The predicted molar refractivity (Wildman–Crippen MR) is 120 cm³/mol. The van der Waals surface area contributed by atoms with Crippen LogP contribution in [-0.4, -0.2) is 50.6 Å². The molecule has 2 heterocycles. The second-order valence-corrected chi connectivity index (χ2v) is 9.69. The summed E-state index contributed by atoms with van der Waals surface area (Å²) in [5, 5.41) is 0. The first-order valence-electron chi connectivity index (χ1n) is 10.5. The van der Waals surface area contributed by atoms with Gasteiger partial charge in [0.1, 0.15) is 11.5 Å². The molecule has 1 fully saturated rings. The van der Waals surface area contributed by atoms with Crippen LogP contribution in [0, 0.1) is 0 Å². The fourth-order valence-corrected chi connectivity index (χ4v) is 5.30. The van der Waals surface area contributed by atoms with Gasteiger partial charge in [-0.15, -0.1) is 0 Å². The predicted octanol–water partition coefficient (Wildman–Crippen LogP) is 3.71. The first-order valence-corrected chi connectivity index (χ1v) is 12.0. The highest BCUT2D eigenvalue weighted by Gasteiger charge is 2.28. The Labute approximate surface area is 187 Å². The standard InChI is InChI=1S/C24H24N2O5S/c27-32(28,22-9-7-21(8-10-22)31-20-4-2-1-3-5-20)26-14-12-25(13-15-26)17-19-6-11-23-24(16-19)30-18-29-23/h1-11,16H,12-15,17-18H2. The van der Waals surface area contributed by atoms with Gasteiger partial charge in [-0.1, -0.05) is 24.3 Å². The molecule has 32 heavy (non-hydrogen) atoms. The summed E-state index contributed by atoms with van der Waals surface area (Å²) in [6, 6.07) is 21.9. The quantitative estimate of drug-likeness (QED) is 0.568. The van der Waals surface area contributed by atoms with Crippen molar-refractivity contribution in [1.82, 2.24) is 9.21 Å². The van der Waals surface area contributed by atoms with E-state index in [1.807, 2.05) is 48.5 Å². The van der Waals surface area contributed by atoms with Gasteiger partial charge in [0.15, 0.2) is 11.5 Å². The molecule has 0 radical (unpaired) electrons. The van der Waals surface area contributed by atoms with E-state index in [0.717, 1.165) is 23.6 Å². The monoisotopic (exact) mass is 452 g/mol. The molecule has 3 aromatic carbocycles. The minimum atomic E-state index is -3.54. The molecule has 0 saturated carbocycles. The second-order valence-electron chi connectivity index (χ2n) is 7.75. The average Bonchev–Trinajstić information content (AvgIpc) is 3.28. The van der Waals surface area contributed by atoms with Crippen LogP contribution in [0.5, 0.6) is 23.0 Å². The lowest BCUT2D eigenvalue weighted by Crippen LogP contribution is -2.48. The Hall–Kier alpha value is -3.07. The highest BCUT2D eigenvalue weighted by molar-refractivity contribution is 7.89. The van der Waals surface area contributed by atoms with Crippen molar-refractivity contribution in [2.75, 3.05) is 33.0 Å². The number of nitrogens with zero attached hydrogens (tertiary/aromatic N) is 2. The topological polar surface area (TPSA) is 68.3 Å². The number of piperazine rings is 1. The smallest absolute Gasteiger partial charge is 0.243 e. The molecular weight excluding hydrogens is 428 g/mol. The van der Waals surface area contributed by atoms with Gasteiger partial charge in [-0.3, -0.25) is 4.90 Å². The van der Waals surface area contributed by atoms with Crippen LogP contribution in [0.2, 0.25) is 0 Å². The van der Waals surface area contributed by atoms with Crippen LogP contribution >= 0.6 is 0 Å². The minimum absolute atomic E-state index is 0.259. The maximum atomic E-state index is 13.1. The first-order chi connectivity index (χ1) is 15.6. The molecule has 0 N–H and O–H groups in total. The van der Waals surface area contributed by atoms with E-state index in [0.29, 0.717) is 37.7 Å². The summed E-state index contributed by atoms with van der Waals surface area (Å²) in [7, 11) is -3.54. The third kappa shape index (κ3) is 4.43. The number of hydrogen-bond acceptors (Lipinski definition) is 6. The SMILES string of the molecule is O=S(=O)(c1ccc(Oc2ccccc2)cc1)N1CCN(Cc2ccc3c(c2)OCO3)CC1. The van der Waals surface area contributed by atoms with E-state index >= 15 is 0 Å². The van der Waals surface area contributed by atoms with Crippen LogP contribution in [0.15, 0.2) is 77.7 Å². The van der Waals surface area contributed by atoms with Crippen LogP contribution in [-0.2, 0) is 16.6 Å². The number of hydrogen-bond donors (Lipinski definition) is 0. The normalized spacial score (nSPS) is 16.8. The van der Waals surface area contributed by atoms with Crippen LogP contribution in [0.1, 0.15) is 5.56 Å². The number of para-hydroxylation sites is 1. The van der Waals surface area contributed by atoms with Gasteiger partial charge < -0.3 is 14.2 Å². The number of benzene rings is 3. The lowest BCUT2D eigenvalue weighted by Gasteiger charge is -2.34. The van der Waals surface area contributed by atoms with Gasteiger partial charge >= 0.3 is 0 Å². The molecule has 8 heteroatoms. The lowest BCUT2D eigenvalue weighted by atomic mass is 10.2. The van der Waals surface area contributed by atoms with Gasteiger partial charge in [-0.05, 0) is 54.1 Å². The molecular formula is C24H24N2O5S. The second kappa shape index (κ2) is 8.82. The number of sulfonamides is 1. The van der Waals surface area contributed by atoms with E-state index in [-0.39, 0.29) is 11.7 Å². The number of ether oxygens (including phenoxy) is 3. The van der Waals surface area contributed by atoms with Gasteiger partial charge in [-0.2, -0.15) is 4.31 Å². The molecule has 0 aliphatic carbocycles. The molecule has 0 unspecified atom stereocenters. The van der Waals surface area contributed by atoms with E-state index in [1.165, 1.54) is 0 Å². The van der Waals surface area contributed by atoms with Gasteiger partial charge in [0, 0.05) is 32.7 Å². The number of fused-ring (bicyclic) bond motifs is 1. The molecule has 3 aromatic rings. The van der Waals surface area contributed by atoms with Gasteiger partial charge in [0.2, 0.25) is 16.8 Å². The Bertz CT molecular complexity index is 1170. The van der Waals surface area contributed by atoms with E-state index in [4.69, 9.17) is 14.2 Å². The highest BCUT2D eigenvalue weighted by atomic mass is 32.2. The summed E-state index contributed by atoms with van der Waals surface area (Å²) < 4.78 is 44.3. The van der Waals surface area contributed by atoms with E-state index < -0.39 is 10.0 Å². The Morgan fingerprint density at radius 2 is 1.47 bits per heavy atom. The highest BCUT2D eigenvalue weighted by Crippen LogP contribution is 2.33. The van der Waals surface area contributed by atoms with Crippen molar-refractivity contribution >= 4 is 10.0 Å². The van der Waals surface area contributed by atoms with Crippen molar-refractivity contribution < 1.29 is 22.6 Å². The minimum Gasteiger partial charge on any atom is -0.457 e. The van der Waals surface area contributed by atoms with Crippen LogP contribution < -0.4 is 14.2 Å². The zero-order valence-electron chi connectivity index (χ0n) is 17.5. The maximum absolute atomic E-state index is 13.1. The molecule has 5 rings (SSSR count). The Kier molecular flexibility index (Phi) is 5.73. The van der Waals surface area contributed by atoms with E-state index in [1.54, 1.807) is 28.6 Å². The van der Waals surface area contributed by atoms with Gasteiger partial charge in [-0.25, -0.2) is 8.42 Å². The molecule has 166 valence electrons. The fourth-order valence-electron chi connectivity index (χ4n) is 3.88. The largest absolute Gasteiger partial charge is 0.457 e. The first kappa shape index (κ1) is 20.8. The molecule has 7 nitrogen and oxygen atoms in total. The summed E-state index contributed by atoms with van der Waals surface area (Å²) in [6.07, 6.45) is 0.